The van der Waals surface area contributed by atoms with Gasteiger partial charge in [-0.3, -0.25) is 9.48 Å². The van der Waals surface area contributed by atoms with Crippen LogP contribution in [0.4, 0.5) is 5.82 Å². The lowest BCUT2D eigenvalue weighted by molar-refractivity contribution is 0.0272. The zero-order chi connectivity index (χ0) is 21.1. The van der Waals surface area contributed by atoms with Crippen molar-refractivity contribution in [3.63, 3.8) is 0 Å². The minimum Gasteiger partial charge on any atom is -0.383 e. The number of anilines is 1. The number of nitrogens with one attached hydrogen (secondary N) is 1. The SMILES string of the molecule is Cn1cc(-c2cnc(N)c(C(=O)N[C@H]3CCC[C@@H]3OCc3ccc(Cl)cc3)c2)cn1. The van der Waals surface area contributed by atoms with E-state index in [2.05, 4.69) is 15.4 Å². The topological polar surface area (TPSA) is 95.1 Å². The number of carbonyl (C=O) groups is 1. The molecule has 3 aromatic rings. The number of pyridine rings is 1. The molecule has 1 fully saturated rings. The predicted molar refractivity (Wildman–Crippen MR) is 116 cm³/mol. The van der Waals surface area contributed by atoms with E-state index in [4.69, 9.17) is 22.1 Å². The maximum atomic E-state index is 12.9. The Kier molecular flexibility index (Phi) is 6.01. The summed E-state index contributed by atoms with van der Waals surface area (Å²) in [6, 6.07) is 9.28. The van der Waals surface area contributed by atoms with Gasteiger partial charge in [-0.05, 0) is 43.0 Å². The van der Waals surface area contributed by atoms with E-state index in [-0.39, 0.29) is 23.9 Å². The second kappa shape index (κ2) is 8.85. The molecule has 1 aliphatic rings. The number of halogens is 1. The molecule has 8 heteroatoms. The molecule has 3 N–H and O–H groups in total. The molecular weight excluding hydrogens is 402 g/mol. The van der Waals surface area contributed by atoms with Crippen LogP contribution in [-0.4, -0.2) is 32.8 Å². The van der Waals surface area contributed by atoms with Gasteiger partial charge in [0.15, 0.2) is 0 Å². The van der Waals surface area contributed by atoms with Crippen molar-refractivity contribution in [1.29, 1.82) is 0 Å². The summed E-state index contributed by atoms with van der Waals surface area (Å²) in [5.41, 5.74) is 9.08. The molecule has 1 aromatic carbocycles. The molecule has 0 spiro atoms. The number of nitrogens with two attached hydrogens (primary N) is 1. The average molecular weight is 426 g/mol. The van der Waals surface area contributed by atoms with Crippen molar-refractivity contribution >= 4 is 23.3 Å². The van der Waals surface area contributed by atoms with Gasteiger partial charge in [0.25, 0.3) is 5.91 Å². The van der Waals surface area contributed by atoms with Gasteiger partial charge in [0.1, 0.15) is 5.82 Å². The van der Waals surface area contributed by atoms with E-state index < -0.39 is 0 Å². The molecule has 0 radical (unpaired) electrons. The Morgan fingerprint density at radius 3 is 2.80 bits per heavy atom. The first-order valence-corrected chi connectivity index (χ1v) is 10.3. The summed E-state index contributed by atoms with van der Waals surface area (Å²) >= 11 is 5.93. The van der Waals surface area contributed by atoms with Crippen LogP contribution < -0.4 is 11.1 Å². The molecular formula is C22H24ClN5O2. The van der Waals surface area contributed by atoms with Crippen molar-refractivity contribution in [3.8, 4) is 11.1 Å². The lowest BCUT2D eigenvalue weighted by Gasteiger charge is -2.22. The third-order valence-electron chi connectivity index (χ3n) is 5.35. The highest BCUT2D eigenvalue weighted by Crippen LogP contribution is 2.26. The highest BCUT2D eigenvalue weighted by atomic mass is 35.5. The zero-order valence-corrected chi connectivity index (χ0v) is 17.5. The lowest BCUT2D eigenvalue weighted by Crippen LogP contribution is -2.41. The maximum absolute atomic E-state index is 12.9. The highest BCUT2D eigenvalue weighted by Gasteiger charge is 2.30. The molecule has 0 bridgehead atoms. The number of hydrogen-bond acceptors (Lipinski definition) is 5. The Bertz CT molecular complexity index is 1030. The quantitative estimate of drug-likeness (QED) is 0.629. The minimum atomic E-state index is -0.238. The first-order chi connectivity index (χ1) is 14.5. The smallest absolute Gasteiger partial charge is 0.255 e. The van der Waals surface area contributed by atoms with Crippen LogP contribution in [-0.2, 0) is 18.4 Å². The molecule has 7 nitrogen and oxygen atoms in total. The molecule has 30 heavy (non-hydrogen) atoms. The number of carbonyl (C=O) groups excluding carboxylic acids is 1. The van der Waals surface area contributed by atoms with Gasteiger partial charge in [0.2, 0.25) is 0 Å². The van der Waals surface area contributed by atoms with Gasteiger partial charge in [-0.15, -0.1) is 0 Å². The van der Waals surface area contributed by atoms with Crippen LogP contribution in [0.3, 0.4) is 0 Å². The Morgan fingerprint density at radius 1 is 1.27 bits per heavy atom. The fourth-order valence-corrected chi connectivity index (χ4v) is 3.83. The number of benzene rings is 1. The van der Waals surface area contributed by atoms with Crippen LogP contribution in [0.2, 0.25) is 5.02 Å². The fourth-order valence-electron chi connectivity index (χ4n) is 3.71. The van der Waals surface area contributed by atoms with Crippen molar-refractivity contribution in [2.75, 3.05) is 5.73 Å². The van der Waals surface area contributed by atoms with E-state index in [1.807, 2.05) is 37.5 Å². The van der Waals surface area contributed by atoms with Crippen molar-refractivity contribution in [2.24, 2.45) is 7.05 Å². The number of aryl methyl sites for hydroxylation is 1. The van der Waals surface area contributed by atoms with Crippen LogP contribution in [0, 0.1) is 0 Å². The summed E-state index contributed by atoms with van der Waals surface area (Å²) in [6.45, 7) is 0.481. The predicted octanol–water partition coefficient (Wildman–Crippen LogP) is 3.59. The van der Waals surface area contributed by atoms with Gasteiger partial charge >= 0.3 is 0 Å². The normalized spacial score (nSPS) is 18.5. The monoisotopic (exact) mass is 425 g/mol. The summed E-state index contributed by atoms with van der Waals surface area (Å²) in [5.74, 6) is -0.0329. The van der Waals surface area contributed by atoms with E-state index in [0.717, 1.165) is 36.0 Å². The van der Waals surface area contributed by atoms with E-state index in [0.29, 0.717) is 17.2 Å². The Morgan fingerprint density at radius 2 is 2.07 bits per heavy atom. The third kappa shape index (κ3) is 4.63. The van der Waals surface area contributed by atoms with Gasteiger partial charge in [0, 0.05) is 35.6 Å². The van der Waals surface area contributed by atoms with Gasteiger partial charge in [-0.1, -0.05) is 23.7 Å². The maximum Gasteiger partial charge on any atom is 0.255 e. The Balaban J connectivity index is 1.43. The molecule has 0 unspecified atom stereocenters. The van der Waals surface area contributed by atoms with Crippen LogP contribution >= 0.6 is 11.6 Å². The lowest BCUT2D eigenvalue weighted by atomic mass is 10.1. The summed E-state index contributed by atoms with van der Waals surface area (Å²) in [7, 11) is 1.84. The second-order valence-electron chi connectivity index (χ2n) is 7.55. The molecule has 4 rings (SSSR count). The van der Waals surface area contributed by atoms with Crippen molar-refractivity contribution in [2.45, 2.75) is 38.0 Å². The second-order valence-corrected chi connectivity index (χ2v) is 7.98. The summed E-state index contributed by atoms with van der Waals surface area (Å²) < 4.78 is 7.79. The molecule has 2 atom stereocenters. The molecule has 0 saturated heterocycles. The van der Waals surface area contributed by atoms with Crippen molar-refractivity contribution < 1.29 is 9.53 Å². The standard InChI is InChI=1S/C22H24ClN5O2/c1-28-12-16(11-26-28)15-9-18(21(24)25-10-15)22(29)27-19-3-2-4-20(19)30-13-14-5-7-17(23)8-6-14/h5-12,19-20H,2-4,13H2,1H3,(H2,24,25)(H,27,29)/t19-,20-/m0/s1. The Labute approximate surface area is 180 Å². The number of aromatic nitrogens is 3. The molecule has 1 amide bonds. The molecule has 1 saturated carbocycles. The zero-order valence-electron chi connectivity index (χ0n) is 16.7. The van der Waals surface area contributed by atoms with E-state index in [9.17, 15) is 4.79 Å². The van der Waals surface area contributed by atoms with Gasteiger partial charge in [-0.25, -0.2) is 4.98 Å². The first-order valence-electron chi connectivity index (χ1n) is 9.91. The number of amides is 1. The molecule has 2 aromatic heterocycles. The fraction of sp³-hybridized carbons (Fsp3) is 0.318. The van der Waals surface area contributed by atoms with Crippen molar-refractivity contribution in [3.05, 3.63) is 65.1 Å². The van der Waals surface area contributed by atoms with Crippen LogP contribution in [0.25, 0.3) is 11.1 Å². The van der Waals surface area contributed by atoms with Gasteiger partial charge in [-0.2, -0.15) is 5.10 Å². The molecule has 2 heterocycles. The summed E-state index contributed by atoms with van der Waals surface area (Å²) in [4.78, 5) is 17.1. The van der Waals surface area contributed by atoms with E-state index in [1.165, 1.54) is 0 Å². The van der Waals surface area contributed by atoms with E-state index in [1.54, 1.807) is 23.1 Å². The van der Waals surface area contributed by atoms with Gasteiger partial charge < -0.3 is 15.8 Å². The number of ether oxygens (including phenoxy) is 1. The van der Waals surface area contributed by atoms with Crippen LogP contribution in [0.15, 0.2) is 48.9 Å². The van der Waals surface area contributed by atoms with E-state index >= 15 is 0 Å². The minimum absolute atomic E-state index is 0.0414. The molecule has 156 valence electrons. The molecule has 1 aliphatic carbocycles. The third-order valence-corrected chi connectivity index (χ3v) is 5.60. The summed E-state index contributed by atoms with van der Waals surface area (Å²) in [5, 5.41) is 7.95. The molecule has 0 aliphatic heterocycles. The van der Waals surface area contributed by atoms with Crippen LogP contribution in [0.5, 0.6) is 0 Å². The summed E-state index contributed by atoms with van der Waals surface area (Å²) in [6.07, 6.45) is 7.98. The van der Waals surface area contributed by atoms with Crippen LogP contribution in [0.1, 0.15) is 35.2 Å². The average Bonchev–Trinajstić information content (AvgIpc) is 3.36. The first kappa shape index (κ1) is 20.4. The number of nitrogen functional groups attached to an aromatic ring is 1. The number of hydrogen-bond donors (Lipinski definition) is 2. The number of nitrogens with zero attached hydrogens (tertiary/aromatic N) is 3. The Hall–Kier alpha value is -2.90. The highest BCUT2D eigenvalue weighted by molar-refractivity contribution is 6.30. The van der Waals surface area contributed by atoms with Gasteiger partial charge in [0.05, 0.1) is 30.5 Å². The number of rotatable bonds is 6. The largest absolute Gasteiger partial charge is 0.383 e. The van der Waals surface area contributed by atoms with Crippen molar-refractivity contribution in [1.82, 2.24) is 20.1 Å².